The highest BCUT2D eigenvalue weighted by Crippen LogP contribution is 2.23. The van der Waals surface area contributed by atoms with E-state index in [1.54, 1.807) is 6.20 Å². The molecule has 0 aliphatic carbocycles. The molecule has 0 spiro atoms. The molecular formula is C26H24N2. The monoisotopic (exact) mass is 364 g/mol. The van der Waals surface area contributed by atoms with Gasteiger partial charge < -0.3 is 0 Å². The summed E-state index contributed by atoms with van der Waals surface area (Å²) in [6, 6.07) is 20.5. The van der Waals surface area contributed by atoms with Crippen molar-refractivity contribution >= 4 is 18.4 Å². The van der Waals surface area contributed by atoms with E-state index in [1.165, 1.54) is 0 Å². The van der Waals surface area contributed by atoms with Crippen LogP contribution >= 0.6 is 0 Å². The topological polar surface area (TPSA) is 25.2 Å². The number of benzene rings is 2. The number of hydrogen-bond acceptors (Lipinski definition) is 2. The van der Waals surface area contributed by atoms with Gasteiger partial charge in [-0.1, -0.05) is 61.7 Å². The van der Waals surface area contributed by atoms with Crippen molar-refractivity contribution in [2.75, 3.05) is 0 Å². The molecule has 0 saturated carbocycles. The van der Waals surface area contributed by atoms with Crippen molar-refractivity contribution in [3.63, 3.8) is 0 Å². The van der Waals surface area contributed by atoms with Crippen molar-refractivity contribution in [2.24, 2.45) is 4.99 Å². The minimum absolute atomic E-state index is 0.872. The number of allylic oxidation sites excluding steroid dienone is 2. The average Bonchev–Trinajstić information content (AvgIpc) is 2.74. The van der Waals surface area contributed by atoms with Gasteiger partial charge in [-0.15, -0.1) is 0 Å². The molecule has 3 rings (SSSR count). The molecule has 3 aromatic rings. The third-order valence-electron chi connectivity index (χ3n) is 4.53. The molecule has 0 saturated heterocycles. The first kappa shape index (κ1) is 19.2. The van der Waals surface area contributed by atoms with E-state index in [9.17, 15) is 0 Å². The largest absolute Gasteiger partial charge is 0.261 e. The van der Waals surface area contributed by atoms with Crippen LogP contribution in [0.15, 0.2) is 96.3 Å². The minimum Gasteiger partial charge on any atom is -0.261 e. The van der Waals surface area contributed by atoms with Crippen LogP contribution in [0.3, 0.4) is 0 Å². The van der Waals surface area contributed by atoms with E-state index in [0.717, 1.165) is 44.1 Å². The minimum atomic E-state index is 0.872. The maximum absolute atomic E-state index is 4.47. The van der Waals surface area contributed by atoms with Gasteiger partial charge in [-0.05, 0) is 65.3 Å². The first-order chi connectivity index (χ1) is 13.6. The molecule has 28 heavy (non-hydrogen) atoms. The molecule has 0 N–H and O–H groups in total. The molecule has 1 heterocycles. The van der Waals surface area contributed by atoms with Crippen LogP contribution in [0, 0.1) is 0 Å². The zero-order valence-corrected chi connectivity index (χ0v) is 16.4. The number of hydrogen-bond donors (Lipinski definition) is 0. The van der Waals surface area contributed by atoms with E-state index in [-0.39, 0.29) is 0 Å². The third kappa shape index (κ3) is 4.41. The summed E-state index contributed by atoms with van der Waals surface area (Å²) in [5.41, 5.74) is 6.04. The molecule has 0 unspecified atom stereocenters. The summed E-state index contributed by atoms with van der Waals surface area (Å²) in [4.78, 5) is 8.87. The second-order valence-corrected chi connectivity index (χ2v) is 6.54. The molecule has 2 aromatic carbocycles. The van der Waals surface area contributed by atoms with Gasteiger partial charge in [0.1, 0.15) is 0 Å². The quantitative estimate of drug-likeness (QED) is 0.574. The molecule has 0 fully saturated rings. The average molecular weight is 364 g/mol. The number of aliphatic imine (C=N–C) groups is 1. The highest BCUT2D eigenvalue weighted by Gasteiger charge is 2.05. The predicted octanol–water partition coefficient (Wildman–Crippen LogP) is 5.16. The predicted molar refractivity (Wildman–Crippen MR) is 121 cm³/mol. The van der Waals surface area contributed by atoms with E-state index >= 15 is 0 Å². The number of nitrogens with zero attached hydrogens (tertiary/aromatic N) is 2. The first-order valence-electron chi connectivity index (χ1n) is 9.26. The lowest BCUT2D eigenvalue weighted by molar-refractivity contribution is 1.33. The van der Waals surface area contributed by atoms with Crippen molar-refractivity contribution in [1.29, 1.82) is 0 Å². The highest BCUT2D eigenvalue weighted by molar-refractivity contribution is 6.05. The maximum atomic E-state index is 4.47. The third-order valence-corrected chi connectivity index (χ3v) is 4.53. The maximum Gasteiger partial charge on any atom is 0.0702 e. The Balaban J connectivity index is 2.13. The Morgan fingerprint density at radius 3 is 2.54 bits per heavy atom. The number of rotatable bonds is 5. The van der Waals surface area contributed by atoms with Gasteiger partial charge in [-0.3, -0.25) is 9.98 Å². The van der Waals surface area contributed by atoms with Crippen LogP contribution in [0.2, 0.25) is 0 Å². The van der Waals surface area contributed by atoms with Gasteiger partial charge in [0, 0.05) is 23.7 Å². The van der Waals surface area contributed by atoms with E-state index < -0.39 is 0 Å². The lowest BCUT2D eigenvalue weighted by Gasteiger charge is -2.08. The summed E-state index contributed by atoms with van der Waals surface area (Å²) in [6.45, 7) is 12.3. The van der Waals surface area contributed by atoms with Gasteiger partial charge in [0.25, 0.3) is 0 Å². The van der Waals surface area contributed by atoms with E-state index in [2.05, 4.69) is 59.5 Å². The molecular weight excluding hydrogens is 340 g/mol. The van der Waals surface area contributed by atoms with Crippen molar-refractivity contribution < 1.29 is 0 Å². The van der Waals surface area contributed by atoms with E-state index in [4.69, 9.17) is 0 Å². The Labute approximate surface area is 166 Å². The van der Waals surface area contributed by atoms with Crippen LogP contribution < -0.4 is 10.4 Å². The molecule has 0 aliphatic heterocycles. The normalized spacial score (nSPS) is 12.5. The fraction of sp³-hybridized carbons (Fsp3) is 0.0769. The molecule has 1 aromatic heterocycles. The summed E-state index contributed by atoms with van der Waals surface area (Å²) in [5, 5.41) is 2.02. The van der Waals surface area contributed by atoms with Crippen molar-refractivity contribution in [3.8, 4) is 22.4 Å². The highest BCUT2D eigenvalue weighted by atomic mass is 14.7. The summed E-state index contributed by atoms with van der Waals surface area (Å²) >= 11 is 0. The smallest absolute Gasteiger partial charge is 0.0702 e. The second kappa shape index (κ2) is 8.92. The van der Waals surface area contributed by atoms with Gasteiger partial charge in [0.15, 0.2) is 0 Å². The SMILES string of the molecule is C=C(C=c1c(-c2cccc(-c3ccccn3)c2)cccc1=C)C(C)=N/C=C\C. The fourth-order valence-corrected chi connectivity index (χ4v) is 2.96. The van der Waals surface area contributed by atoms with Crippen LogP contribution in [0.5, 0.6) is 0 Å². The van der Waals surface area contributed by atoms with Gasteiger partial charge in [-0.2, -0.15) is 0 Å². The molecule has 2 nitrogen and oxygen atoms in total. The summed E-state index contributed by atoms with van der Waals surface area (Å²) in [7, 11) is 0. The lowest BCUT2D eigenvalue weighted by Crippen LogP contribution is -2.25. The van der Waals surface area contributed by atoms with Crippen LogP contribution in [0.25, 0.3) is 35.0 Å². The van der Waals surface area contributed by atoms with Crippen LogP contribution in [-0.4, -0.2) is 10.7 Å². The van der Waals surface area contributed by atoms with Crippen molar-refractivity contribution in [1.82, 2.24) is 4.98 Å². The Bertz CT molecular complexity index is 1150. The van der Waals surface area contributed by atoms with Gasteiger partial charge in [0.2, 0.25) is 0 Å². The Morgan fingerprint density at radius 2 is 1.79 bits per heavy atom. The number of aromatic nitrogens is 1. The lowest BCUT2D eigenvalue weighted by atomic mass is 9.97. The summed E-state index contributed by atoms with van der Waals surface area (Å²) < 4.78 is 0. The molecule has 0 aliphatic rings. The summed E-state index contributed by atoms with van der Waals surface area (Å²) in [6.07, 6.45) is 7.56. The van der Waals surface area contributed by atoms with Crippen molar-refractivity contribution in [2.45, 2.75) is 13.8 Å². The summed E-state index contributed by atoms with van der Waals surface area (Å²) in [5.74, 6) is 0. The molecule has 0 bridgehead atoms. The molecule has 138 valence electrons. The standard InChI is InChI=1S/C26H24N2/c1-5-15-27-21(4)20(3)17-25-19(2)10-8-13-24(25)22-11-9-12-23(18-22)26-14-6-7-16-28-26/h5-18H,2-3H2,1,4H3/b15-5-,25-17?,27-21?. The Morgan fingerprint density at radius 1 is 1.00 bits per heavy atom. The Kier molecular flexibility index (Phi) is 6.13. The second-order valence-electron chi connectivity index (χ2n) is 6.54. The zero-order valence-electron chi connectivity index (χ0n) is 16.4. The molecule has 0 radical (unpaired) electrons. The molecule has 0 amide bonds. The van der Waals surface area contributed by atoms with Gasteiger partial charge in [-0.25, -0.2) is 0 Å². The Hall–Kier alpha value is -3.52. The van der Waals surface area contributed by atoms with Crippen LogP contribution in [0.1, 0.15) is 13.8 Å². The van der Waals surface area contributed by atoms with Gasteiger partial charge >= 0.3 is 0 Å². The first-order valence-corrected chi connectivity index (χ1v) is 9.26. The number of pyridine rings is 1. The molecule has 2 heteroatoms. The fourth-order valence-electron chi connectivity index (χ4n) is 2.96. The van der Waals surface area contributed by atoms with Gasteiger partial charge in [0.05, 0.1) is 5.69 Å². The van der Waals surface area contributed by atoms with Crippen LogP contribution in [0.4, 0.5) is 0 Å². The van der Waals surface area contributed by atoms with E-state index in [1.807, 2.05) is 56.5 Å². The van der Waals surface area contributed by atoms with Crippen LogP contribution in [-0.2, 0) is 0 Å². The van der Waals surface area contributed by atoms with E-state index in [0.29, 0.717) is 0 Å². The zero-order chi connectivity index (χ0) is 19.9. The van der Waals surface area contributed by atoms with Crippen molar-refractivity contribution in [3.05, 3.63) is 102 Å². The molecule has 0 atom stereocenters.